The lowest BCUT2D eigenvalue weighted by atomic mass is 9.94. The summed E-state index contributed by atoms with van der Waals surface area (Å²) < 4.78 is 1.95. The van der Waals surface area contributed by atoms with E-state index in [-0.39, 0.29) is 18.1 Å². The van der Waals surface area contributed by atoms with Crippen molar-refractivity contribution in [3.05, 3.63) is 54.4 Å². The van der Waals surface area contributed by atoms with Crippen molar-refractivity contribution in [1.82, 2.24) is 19.8 Å². The number of fused-ring (bicyclic) bond motifs is 1. The molecule has 2 atom stereocenters. The molecule has 1 aromatic heterocycles. The molecular weight excluding hydrogens is 380 g/mol. The molecule has 2 N–H and O–H groups in total. The lowest BCUT2D eigenvalue weighted by Crippen LogP contribution is -2.51. The molecule has 0 bridgehead atoms. The van der Waals surface area contributed by atoms with Crippen LogP contribution in [-0.2, 0) is 11.8 Å². The second-order valence-electron chi connectivity index (χ2n) is 8.19. The smallest absolute Gasteiger partial charge is 0.255 e. The number of imidazole rings is 1. The molecule has 2 aliphatic rings. The number of aryl methyl sites for hydroxylation is 1. The molecule has 1 amide bonds. The van der Waals surface area contributed by atoms with E-state index in [4.69, 9.17) is 0 Å². The summed E-state index contributed by atoms with van der Waals surface area (Å²) in [5.74, 6) is -1.20. The molecule has 0 spiro atoms. The third-order valence-corrected chi connectivity index (χ3v) is 6.25. The van der Waals surface area contributed by atoms with Crippen LogP contribution in [0.1, 0.15) is 16.8 Å². The highest BCUT2D eigenvalue weighted by Crippen LogP contribution is 2.47. The van der Waals surface area contributed by atoms with Crippen LogP contribution in [-0.4, -0.2) is 63.0 Å². The van der Waals surface area contributed by atoms with E-state index in [0.29, 0.717) is 31.7 Å². The SMILES string of the molecule is Cn1cnc2cc(-c3ccccc3C(=O)C3CC3(O)C(=O)N3CCNCC3)ccc21. The fourth-order valence-electron chi connectivity index (χ4n) is 4.38. The Hall–Kier alpha value is -3.03. The molecule has 2 unspecified atom stereocenters. The molecule has 2 fully saturated rings. The van der Waals surface area contributed by atoms with Gasteiger partial charge in [-0.3, -0.25) is 9.59 Å². The van der Waals surface area contributed by atoms with Gasteiger partial charge in [0.1, 0.15) is 0 Å². The predicted octanol–water partition coefficient (Wildman–Crippen LogP) is 1.61. The van der Waals surface area contributed by atoms with Crippen LogP contribution >= 0.6 is 0 Å². The Morgan fingerprint density at radius 1 is 1.17 bits per heavy atom. The van der Waals surface area contributed by atoms with Crippen LogP contribution in [0.4, 0.5) is 0 Å². The fourth-order valence-corrected chi connectivity index (χ4v) is 4.38. The molecule has 5 rings (SSSR count). The molecule has 3 aromatic rings. The Labute approximate surface area is 174 Å². The minimum atomic E-state index is -1.58. The highest BCUT2D eigenvalue weighted by atomic mass is 16.3. The number of ketones is 1. The largest absolute Gasteiger partial charge is 0.379 e. The van der Waals surface area contributed by atoms with E-state index in [0.717, 1.165) is 22.2 Å². The summed E-state index contributed by atoms with van der Waals surface area (Å²) in [6.07, 6.45) is 1.94. The van der Waals surface area contributed by atoms with Crippen molar-refractivity contribution in [2.45, 2.75) is 12.0 Å². The van der Waals surface area contributed by atoms with Gasteiger partial charge in [0, 0.05) is 38.8 Å². The molecule has 30 heavy (non-hydrogen) atoms. The number of piperazine rings is 1. The van der Waals surface area contributed by atoms with Crippen molar-refractivity contribution < 1.29 is 14.7 Å². The van der Waals surface area contributed by atoms with Crippen molar-refractivity contribution >= 4 is 22.7 Å². The van der Waals surface area contributed by atoms with Crippen molar-refractivity contribution in [3.8, 4) is 11.1 Å². The van der Waals surface area contributed by atoms with Gasteiger partial charge in [0.05, 0.1) is 23.3 Å². The summed E-state index contributed by atoms with van der Waals surface area (Å²) in [7, 11) is 1.94. The molecule has 7 nitrogen and oxygen atoms in total. The molecule has 2 aromatic carbocycles. The van der Waals surface area contributed by atoms with Crippen LogP contribution in [0.5, 0.6) is 0 Å². The molecular formula is C23H24N4O3. The number of carbonyl (C=O) groups excluding carboxylic acids is 2. The number of amides is 1. The first-order valence-electron chi connectivity index (χ1n) is 10.3. The molecule has 2 heterocycles. The summed E-state index contributed by atoms with van der Waals surface area (Å²) in [4.78, 5) is 32.2. The summed E-state index contributed by atoms with van der Waals surface area (Å²) in [6, 6.07) is 13.3. The second-order valence-corrected chi connectivity index (χ2v) is 8.19. The van der Waals surface area contributed by atoms with Gasteiger partial charge >= 0.3 is 0 Å². The fraction of sp³-hybridized carbons (Fsp3) is 0.348. The highest BCUT2D eigenvalue weighted by Gasteiger charge is 2.64. The number of aromatic nitrogens is 2. The molecule has 154 valence electrons. The zero-order chi connectivity index (χ0) is 20.9. The third-order valence-electron chi connectivity index (χ3n) is 6.25. The maximum atomic E-state index is 13.3. The maximum Gasteiger partial charge on any atom is 0.255 e. The van der Waals surface area contributed by atoms with E-state index in [1.165, 1.54) is 0 Å². The quantitative estimate of drug-likeness (QED) is 0.645. The number of nitrogens with zero attached hydrogens (tertiary/aromatic N) is 3. The standard InChI is InChI=1S/C23H24N4O3/c1-26-14-25-19-12-15(6-7-20(19)26)16-4-2-3-5-17(16)21(28)18-13-23(18,30)22(29)27-10-8-24-9-11-27/h2-7,12,14,18,24,30H,8-11,13H2,1H3. The third kappa shape index (κ3) is 3.02. The number of nitrogens with one attached hydrogen (secondary N) is 1. The van der Waals surface area contributed by atoms with E-state index in [2.05, 4.69) is 10.3 Å². The number of hydrogen-bond donors (Lipinski definition) is 2. The zero-order valence-electron chi connectivity index (χ0n) is 16.8. The Morgan fingerprint density at radius 2 is 1.93 bits per heavy atom. The molecule has 1 saturated heterocycles. The Morgan fingerprint density at radius 3 is 2.73 bits per heavy atom. The topological polar surface area (TPSA) is 87.5 Å². The summed E-state index contributed by atoms with van der Waals surface area (Å²) in [5.41, 5.74) is 2.50. The van der Waals surface area contributed by atoms with Gasteiger partial charge in [-0.1, -0.05) is 30.3 Å². The average Bonchev–Trinajstić information content (AvgIpc) is 3.36. The Balaban J connectivity index is 1.44. The van der Waals surface area contributed by atoms with E-state index >= 15 is 0 Å². The van der Waals surface area contributed by atoms with Crippen LogP contribution < -0.4 is 5.32 Å². The maximum absolute atomic E-state index is 13.3. The number of hydrogen-bond acceptors (Lipinski definition) is 5. The van der Waals surface area contributed by atoms with Crippen LogP contribution in [0.15, 0.2) is 48.8 Å². The number of benzene rings is 2. The van der Waals surface area contributed by atoms with Gasteiger partial charge in [0.15, 0.2) is 11.4 Å². The van der Waals surface area contributed by atoms with E-state index < -0.39 is 11.5 Å². The van der Waals surface area contributed by atoms with Crippen LogP contribution in [0.2, 0.25) is 0 Å². The van der Waals surface area contributed by atoms with Crippen LogP contribution in [0.25, 0.3) is 22.2 Å². The van der Waals surface area contributed by atoms with Crippen molar-refractivity contribution in [3.63, 3.8) is 0 Å². The number of rotatable bonds is 4. The first kappa shape index (κ1) is 19.0. The van der Waals surface area contributed by atoms with Gasteiger partial charge in [-0.15, -0.1) is 0 Å². The van der Waals surface area contributed by atoms with Gasteiger partial charge in [-0.25, -0.2) is 4.98 Å². The first-order valence-corrected chi connectivity index (χ1v) is 10.3. The zero-order valence-corrected chi connectivity index (χ0v) is 16.8. The molecule has 1 saturated carbocycles. The van der Waals surface area contributed by atoms with Gasteiger partial charge in [-0.05, 0) is 29.7 Å². The Kier molecular flexibility index (Phi) is 4.45. The van der Waals surface area contributed by atoms with Gasteiger partial charge in [-0.2, -0.15) is 0 Å². The highest BCUT2D eigenvalue weighted by molar-refractivity contribution is 6.10. The van der Waals surface area contributed by atoms with Crippen LogP contribution in [0, 0.1) is 5.92 Å². The lowest BCUT2D eigenvalue weighted by Gasteiger charge is -2.29. The van der Waals surface area contributed by atoms with Crippen molar-refractivity contribution in [1.29, 1.82) is 0 Å². The van der Waals surface area contributed by atoms with Gasteiger partial charge < -0.3 is 19.9 Å². The second kappa shape index (κ2) is 7.04. The molecule has 1 aliphatic carbocycles. The minimum Gasteiger partial charge on any atom is -0.379 e. The number of Topliss-reactive ketones (excluding diaryl/α,β-unsaturated/α-hetero) is 1. The summed E-state index contributed by atoms with van der Waals surface area (Å²) in [6.45, 7) is 2.53. The average molecular weight is 404 g/mol. The monoisotopic (exact) mass is 404 g/mol. The number of aliphatic hydroxyl groups is 1. The summed E-state index contributed by atoms with van der Waals surface area (Å²) in [5, 5.41) is 14.1. The van der Waals surface area contributed by atoms with Gasteiger partial charge in [0.2, 0.25) is 0 Å². The normalized spacial score (nSPS) is 23.5. The molecule has 7 heteroatoms. The lowest BCUT2D eigenvalue weighted by molar-refractivity contribution is -0.143. The van der Waals surface area contributed by atoms with E-state index in [9.17, 15) is 14.7 Å². The predicted molar refractivity (Wildman–Crippen MR) is 113 cm³/mol. The first-order chi connectivity index (χ1) is 14.5. The van der Waals surface area contributed by atoms with Crippen LogP contribution in [0.3, 0.4) is 0 Å². The minimum absolute atomic E-state index is 0.183. The molecule has 0 radical (unpaired) electrons. The van der Waals surface area contributed by atoms with E-state index in [1.54, 1.807) is 17.3 Å². The summed E-state index contributed by atoms with van der Waals surface area (Å²) >= 11 is 0. The van der Waals surface area contributed by atoms with Gasteiger partial charge in [0.25, 0.3) is 5.91 Å². The van der Waals surface area contributed by atoms with Crippen molar-refractivity contribution in [2.75, 3.05) is 26.2 Å². The van der Waals surface area contributed by atoms with E-state index in [1.807, 2.05) is 48.0 Å². The van der Waals surface area contributed by atoms with Crippen molar-refractivity contribution in [2.24, 2.45) is 13.0 Å². The number of carbonyl (C=O) groups is 2. The molecule has 1 aliphatic heterocycles. The Bertz CT molecular complexity index is 1150.